The zero-order valence-electron chi connectivity index (χ0n) is 12.6. The van der Waals surface area contributed by atoms with Crippen molar-refractivity contribution in [3.05, 3.63) is 11.9 Å². The highest BCUT2D eigenvalue weighted by atomic mass is 15.2. The van der Waals surface area contributed by atoms with E-state index in [1.807, 2.05) is 0 Å². The minimum absolute atomic E-state index is 0.653. The number of hydrogen-bond donors (Lipinski definition) is 1. The number of nitrogen functional groups attached to an aromatic ring is 1. The van der Waals surface area contributed by atoms with Crippen molar-refractivity contribution >= 4 is 11.6 Å². The lowest BCUT2D eigenvalue weighted by Gasteiger charge is -2.40. The predicted octanol–water partition coefficient (Wildman–Crippen LogP) is 3.17. The second-order valence-electron chi connectivity index (χ2n) is 6.51. The summed E-state index contributed by atoms with van der Waals surface area (Å²) < 4.78 is 0. The van der Waals surface area contributed by atoms with Gasteiger partial charge in [-0.3, -0.25) is 0 Å². The molecule has 1 aliphatic carbocycles. The van der Waals surface area contributed by atoms with Crippen LogP contribution in [0.25, 0.3) is 0 Å². The Balaban J connectivity index is 1.76. The summed E-state index contributed by atoms with van der Waals surface area (Å²) in [5.41, 5.74) is 7.86. The summed E-state index contributed by atoms with van der Waals surface area (Å²) in [6.07, 6.45) is 12.1. The normalized spacial score (nSPS) is 21.6. The van der Waals surface area contributed by atoms with Crippen molar-refractivity contribution in [1.82, 2.24) is 9.97 Å². The van der Waals surface area contributed by atoms with E-state index in [1.54, 1.807) is 6.33 Å². The maximum absolute atomic E-state index is 6.05. The van der Waals surface area contributed by atoms with Gasteiger partial charge in [0, 0.05) is 18.7 Å². The van der Waals surface area contributed by atoms with E-state index in [9.17, 15) is 0 Å². The van der Waals surface area contributed by atoms with Crippen LogP contribution < -0.4 is 10.6 Å². The van der Waals surface area contributed by atoms with Crippen molar-refractivity contribution in [2.45, 2.75) is 58.3 Å². The summed E-state index contributed by atoms with van der Waals surface area (Å²) in [6.45, 7) is 4.44. The number of nitrogens with two attached hydrogens (primary N) is 1. The summed E-state index contributed by atoms with van der Waals surface area (Å²) in [4.78, 5) is 11.1. The van der Waals surface area contributed by atoms with Crippen LogP contribution >= 0.6 is 0 Å². The fourth-order valence-corrected chi connectivity index (χ4v) is 4.00. The Hall–Kier alpha value is -1.32. The lowest BCUT2D eigenvalue weighted by atomic mass is 9.77. The second-order valence-corrected chi connectivity index (χ2v) is 6.51. The first kappa shape index (κ1) is 13.7. The molecule has 0 aromatic carbocycles. The molecular weight excluding hydrogens is 248 g/mol. The third kappa shape index (κ3) is 2.48. The van der Waals surface area contributed by atoms with E-state index in [1.165, 1.54) is 38.5 Å². The molecule has 0 atom stereocenters. The Morgan fingerprint density at radius 3 is 2.50 bits per heavy atom. The van der Waals surface area contributed by atoms with Crippen molar-refractivity contribution in [3.8, 4) is 0 Å². The van der Waals surface area contributed by atoms with Crippen LogP contribution in [0.1, 0.15) is 57.4 Å². The van der Waals surface area contributed by atoms with E-state index >= 15 is 0 Å². The Labute approximate surface area is 121 Å². The molecule has 1 aromatic rings. The number of rotatable bonds is 3. The molecule has 1 spiro atoms. The van der Waals surface area contributed by atoms with Gasteiger partial charge < -0.3 is 10.6 Å². The van der Waals surface area contributed by atoms with Crippen molar-refractivity contribution < 1.29 is 0 Å². The van der Waals surface area contributed by atoms with Gasteiger partial charge in [0.05, 0.1) is 0 Å². The summed E-state index contributed by atoms with van der Waals surface area (Å²) >= 11 is 0. The van der Waals surface area contributed by atoms with Gasteiger partial charge in [-0.15, -0.1) is 0 Å². The zero-order valence-corrected chi connectivity index (χ0v) is 12.6. The predicted molar refractivity (Wildman–Crippen MR) is 82.8 cm³/mol. The molecule has 0 bridgehead atoms. The molecule has 4 heteroatoms. The van der Waals surface area contributed by atoms with Crippen LogP contribution in [-0.2, 0) is 6.42 Å². The van der Waals surface area contributed by atoms with E-state index in [4.69, 9.17) is 5.73 Å². The monoisotopic (exact) mass is 274 g/mol. The minimum Gasteiger partial charge on any atom is -0.383 e. The Morgan fingerprint density at radius 2 is 1.85 bits per heavy atom. The number of hydrogen-bond acceptors (Lipinski definition) is 4. The Bertz CT molecular complexity index is 456. The van der Waals surface area contributed by atoms with Gasteiger partial charge >= 0.3 is 0 Å². The van der Waals surface area contributed by atoms with Crippen LogP contribution in [0.3, 0.4) is 0 Å². The van der Waals surface area contributed by atoms with Crippen LogP contribution in [0.2, 0.25) is 0 Å². The maximum Gasteiger partial charge on any atom is 0.137 e. The van der Waals surface area contributed by atoms with E-state index in [0.29, 0.717) is 11.2 Å². The number of piperidine rings is 1. The second kappa shape index (κ2) is 5.58. The van der Waals surface area contributed by atoms with Gasteiger partial charge in [0.25, 0.3) is 0 Å². The first-order valence-corrected chi connectivity index (χ1v) is 8.08. The lowest BCUT2D eigenvalue weighted by Crippen LogP contribution is -2.39. The molecular formula is C16H26N4. The fraction of sp³-hybridized carbons (Fsp3) is 0.750. The number of anilines is 2. The van der Waals surface area contributed by atoms with Crippen LogP contribution in [0.4, 0.5) is 11.6 Å². The molecule has 2 heterocycles. The van der Waals surface area contributed by atoms with E-state index < -0.39 is 0 Å². The topological polar surface area (TPSA) is 55.0 Å². The summed E-state index contributed by atoms with van der Waals surface area (Å²) in [5, 5.41) is 0. The molecule has 0 radical (unpaired) electrons. The minimum atomic E-state index is 0.653. The molecule has 1 saturated heterocycles. The molecule has 0 amide bonds. The maximum atomic E-state index is 6.05. The SMILES string of the molecule is CCCc1c(N)ncnc1N1CCC2(CCCC2)CC1. The first-order valence-electron chi connectivity index (χ1n) is 8.08. The quantitative estimate of drug-likeness (QED) is 0.919. The molecule has 2 aliphatic rings. The Kier molecular flexibility index (Phi) is 3.81. The highest BCUT2D eigenvalue weighted by Crippen LogP contribution is 2.46. The molecule has 20 heavy (non-hydrogen) atoms. The fourth-order valence-electron chi connectivity index (χ4n) is 4.00. The molecule has 110 valence electrons. The van der Waals surface area contributed by atoms with Gasteiger partial charge in [-0.1, -0.05) is 26.2 Å². The summed E-state index contributed by atoms with van der Waals surface area (Å²) in [6, 6.07) is 0. The average Bonchev–Trinajstić information content (AvgIpc) is 2.91. The van der Waals surface area contributed by atoms with Crippen LogP contribution in [0, 0.1) is 5.41 Å². The van der Waals surface area contributed by atoms with Crippen molar-refractivity contribution in [2.75, 3.05) is 23.7 Å². The van der Waals surface area contributed by atoms with Gasteiger partial charge in [-0.25, -0.2) is 9.97 Å². The summed E-state index contributed by atoms with van der Waals surface area (Å²) in [7, 11) is 0. The zero-order chi connectivity index (χ0) is 14.0. The van der Waals surface area contributed by atoms with Crippen LogP contribution in [-0.4, -0.2) is 23.1 Å². The van der Waals surface area contributed by atoms with Crippen molar-refractivity contribution in [3.63, 3.8) is 0 Å². The lowest BCUT2D eigenvalue weighted by molar-refractivity contribution is 0.226. The van der Waals surface area contributed by atoms with E-state index in [-0.39, 0.29) is 0 Å². The molecule has 2 fully saturated rings. The average molecular weight is 274 g/mol. The molecule has 3 rings (SSSR count). The van der Waals surface area contributed by atoms with Gasteiger partial charge in [0.2, 0.25) is 0 Å². The molecule has 4 nitrogen and oxygen atoms in total. The Morgan fingerprint density at radius 1 is 1.15 bits per heavy atom. The highest BCUT2D eigenvalue weighted by molar-refractivity contribution is 5.57. The largest absolute Gasteiger partial charge is 0.383 e. The van der Waals surface area contributed by atoms with Crippen molar-refractivity contribution in [1.29, 1.82) is 0 Å². The van der Waals surface area contributed by atoms with E-state index in [2.05, 4.69) is 21.8 Å². The third-order valence-corrected chi connectivity index (χ3v) is 5.24. The smallest absolute Gasteiger partial charge is 0.137 e. The molecule has 1 aromatic heterocycles. The summed E-state index contributed by atoms with van der Waals surface area (Å²) in [5.74, 6) is 1.75. The molecule has 2 N–H and O–H groups in total. The van der Waals surface area contributed by atoms with Crippen LogP contribution in [0.15, 0.2) is 6.33 Å². The number of aromatic nitrogens is 2. The van der Waals surface area contributed by atoms with Crippen molar-refractivity contribution in [2.24, 2.45) is 5.41 Å². The van der Waals surface area contributed by atoms with E-state index in [0.717, 1.165) is 37.3 Å². The molecule has 1 saturated carbocycles. The standard InChI is InChI=1S/C16H26N4/c1-2-5-13-14(17)18-12-19-15(13)20-10-8-16(9-11-20)6-3-4-7-16/h12H,2-11H2,1H3,(H2,17,18,19). The highest BCUT2D eigenvalue weighted by Gasteiger charge is 2.37. The van der Waals surface area contributed by atoms with Gasteiger partial charge in [0.1, 0.15) is 18.0 Å². The first-order chi connectivity index (χ1) is 9.74. The van der Waals surface area contributed by atoms with Gasteiger partial charge in [0.15, 0.2) is 0 Å². The third-order valence-electron chi connectivity index (χ3n) is 5.24. The number of nitrogens with zero attached hydrogens (tertiary/aromatic N) is 3. The molecule has 0 unspecified atom stereocenters. The van der Waals surface area contributed by atoms with Gasteiger partial charge in [-0.2, -0.15) is 0 Å². The molecule has 1 aliphatic heterocycles. The van der Waals surface area contributed by atoms with Crippen LogP contribution in [0.5, 0.6) is 0 Å². The van der Waals surface area contributed by atoms with Gasteiger partial charge in [-0.05, 0) is 37.5 Å².